The van der Waals surface area contributed by atoms with Crippen LogP contribution in [0.25, 0.3) is 22.2 Å². The van der Waals surface area contributed by atoms with Gasteiger partial charge in [-0.2, -0.15) is 5.26 Å². The van der Waals surface area contributed by atoms with Gasteiger partial charge in [-0.1, -0.05) is 30.3 Å². The monoisotopic (exact) mass is 402 g/mol. The Hall–Kier alpha value is -3.37. The van der Waals surface area contributed by atoms with Crippen molar-refractivity contribution in [2.45, 2.75) is 37.4 Å². The Morgan fingerprint density at radius 1 is 1.27 bits per heavy atom. The summed E-state index contributed by atoms with van der Waals surface area (Å²) in [4.78, 5) is 24.1. The van der Waals surface area contributed by atoms with E-state index in [1.54, 1.807) is 13.1 Å². The summed E-state index contributed by atoms with van der Waals surface area (Å²) in [6, 6.07) is 15.5. The number of nitriles is 1. The van der Waals surface area contributed by atoms with Gasteiger partial charge in [-0.05, 0) is 47.6 Å². The molecule has 1 aliphatic heterocycles. The van der Waals surface area contributed by atoms with Gasteiger partial charge < -0.3 is 15.1 Å². The van der Waals surface area contributed by atoms with Crippen molar-refractivity contribution < 1.29 is 9.21 Å². The highest BCUT2D eigenvalue weighted by Crippen LogP contribution is 2.40. The third-order valence-corrected chi connectivity index (χ3v) is 6.18. The maximum Gasteiger partial charge on any atom is 0.419 e. The number of piperidine rings is 1. The van der Waals surface area contributed by atoms with Crippen LogP contribution < -0.4 is 16.4 Å². The van der Waals surface area contributed by atoms with E-state index in [1.807, 2.05) is 36.4 Å². The zero-order valence-electron chi connectivity index (χ0n) is 16.6. The number of benzene rings is 2. The van der Waals surface area contributed by atoms with Crippen LogP contribution in [0.15, 0.2) is 51.7 Å². The van der Waals surface area contributed by atoms with E-state index < -0.39 is 6.04 Å². The van der Waals surface area contributed by atoms with Crippen molar-refractivity contribution in [2.75, 3.05) is 0 Å². The van der Waals surface area contributed by atoms with Gasteiger partial charge in [-0.3, -0.25) is 9.36 Å². The van der Waals surface area contributed by atoms with Crippen molar-refractivity contribution in [1.29, 1.82) is 5.26 Å². The van der Waals surface area contributed by atoms with Gasteiger partial charge in [0, 0.05) is 19.5 Å². The number of carbonyl (C=O) groups excluding carboxylic acids is 1. The average Bonchev–Trinajstić information content (AvgIpc) is 3.26. The van der Waals surface area contributed by atoms with Crippen LogP contribution in [0.5, 0.6) is 0 Å². The number of rotatable bonds is 5. The number of aromatic nitrogens is 1. The molecule has 1 saturated carbocycles. The molecule has 30 heavy (non-hydrogen) atoms. The number of hydrogen-bond donors (Lipinski definition) is 2. The van der Waals surface area contributed by atoms with Crippen LogP contribution in [0.3, 0.4) is 0 Å². The Morgan fingerprint density at radius 3 is 2.73 bits per heavy atom. The number of hydrogen-bond acceptors (Lipinski definition) is 5. The molecule has 1 aromatic heterocycles. The largest absolute Gasteiger partial charge is 0.419 e. The van der Waals surface area contributed by atoms with Gasteiger partial charge in [0.05, 0.1) is 17.6 Å². The van der Waals surface area contributed by atoms with E-state index in [9.17, 15) is 14.9 Å². The van der Waals surface area contributed by atoms with E-state index >= 15 is 0 Å². The SMILES string of the molecule is Cn1c(=O)oc2ccc(-c3ccc(C[C@@H](C#N)NC(=O)C4CC5CC5N4)cc3)cc21. The summed E-state index contributed by atoms with van der Waals surface area (Å²) in [5, 5.41) is 15.7. The first-order valence-electron chi connectivity index (χ1n) is 10.2. The average molecular weight is 402 g/mol. The van der Waals surface area contributed by atoms with Crippen LogP contribution in [0.2, 0.25) is 0 Å². The number of nitrogens with one attached hydrogen (secondary N) is 2. The molecule has 2 aliphatic rings. The van der Waals surface area contributed by atoms with Crippen LogP contribution in [-0.2, 0) is 18.3 Å². The Bertz CT molecular complexity index is 1210. The van der Waals surface area contributed by atoms with Crippen LogP contribution >= 0.6 is 0 Å². The topological polar surface area (TPSA) is 100 Å². The second-order valence-electron chi connectivity index (χ2n) is 8.26. The third kappa shape index (κ3) is 3.40. The van der Waals surface area contributed by atoms with Crippen LogP contribution in [0.4, 0.5) is 0 Å². The summed E-state index contributed by atoms with van der Waals surface area (Å²) in [6.07, 6.45) is 2.50. The van der Waals surface area contributed by atoms with Crippen molar-refractivity contribution in [2.24, 2.45) is 13.0 Å². The summed E-state index contributed by atoms with van der Waals surface area (Å²) in [6.45, 7) is 0. The highest BCUT2D eigenvalue weighted by molar-refractivity contribution is 5.83. The lowest BCUT2D eigenvalue weighted by atomic mass is 10.0. The highest BCUT2D eigenvalue weighted by Gasteiger charge is 2.47. The van der Waals surface area contributed by atoms with Gasteiger partial charge in [0.25, 0.3) is 0 Å². The van der Waals surface area contributed by atoms with Crippen LogP contribution in [-0.4, -0.2) is 28.6 Å². The maximum atomic E-state index is 12.4. The number of carbonyl (C=O) groups is 1. The molecule has 0 bridgehead atoms. The van der Waals surface area contributed by atoms with Gasteiger partial charge in [-0.15, -0.1) is 0 Å². The molecule has 0 spiro atoms. The second kappa shape index (κ2) is 7.15. The molecular formula is C23H22N4O3. The van der Waals surface area contributed by atoms with E-state index in [-0.39, 0.29) is 17.7 Å². The molecule has 2 aromatic carbocycles. The molecule has 4 atom stereocenters. The molecule has 1 aliphatic carbocycles. The summed E-state index contributed by atoms with van der Waals surface area (Å²) in [7, 11) is 1.68. The van der Waals surface area contributed by atoms with Crippen LogP contribution in [0, 0.1) is 17.2 Å². The van der Waals surface area contributed by atoms with Crippen molar-refractivity contribution >= 4 is 17.0 Å². The second-order valence-corrected chi connectivity index (χ2v) is 8.26. The first-order valence-corrected chi connectivity index (χ1v) is 10.2. The fourth-order valence-corrected chi connectivity index (χ4v) is 4.30. The molecule has 5 rings (SSSR count). The zero-order valence-corrected chi connectivity index (χ0v) is 16.6. The first kappa shape index (κ1) is 18.6. The summed E-state index contributed by atoms with van der Waals surface area (Å²) in [5.41, 5.74) is 4.25. The molecule has 2 N–H and O–H groups in total. The van der Waals surface area contributed by atoms with Gasteiger partial charge in [-0.25, -0.2) is 4.79 Å². The minimum absolute atomic E-state index is 0.0793. The molecule has 1 amide bonds. The lowest BCUT2D eigenvalue weighted by molar-refractivity contribution is -0.123. The summed E-state index contributed by atoms with van der Waals surface area (Å²) in [5.74, 6) is 0.175. The van der Waals surface area contributed by atoms with E-state index in [0.29, 0.717) is 24.0 Å². The summed E-state index contributed by atoms with van der Waals surface area (Å²) < 4.78 is 6.66. The third-order valence-electron chi connectivity index (χ3n) is 6.18. The number of amides is 1. The van der Waals surface area contributed by atoms with Gasteiger partial charge in [0.15, 0.2) is 5.58 Å². The maximum absolute atomic E-state index is 12.4. The molecule has 2 fully saturated rings. The first-order chi connectivity index (χ1) is 14.5. The predicted molar refractivity (Wildman–Crippen MR) is 112 cm³/mol. The van der Waals surface area contributed by atoms with Gasteiger partial charge >= 0.3 is 5.76 Å². The quantitative estimate of drug-likeness (QED) is 0.681. The van der Waals surface area contributed by atoms with E-state index in [4.69, 9.17) is 4.42 Å². The van der Waals surface area contributed by atoms with E-state index in [0.717, 1.165) is 28.6 Å². The van der Waals surface area contributed by atoms with E-state index in [1.165, 1.54) is 11.0 Å². The predicted octanol–water partition coefficient (Wildman–Crippen LogP) is 2.10. The number of nitrogens with zero attached hydrogens (tertiary/aromatic N) is 2. The molecule has 1 saturated heterocycles. The van der Waals surface area contributed by atoms with Crippen LogP contribution in [0.1, 0.15) is 18.4 Å². The Labute approximate surface area is 173 Å². The molecule has 7 heteroatoms. The van der Waals surface area contributed by atoms with Crippen molar-refractivity contribution in [1.82, 2.24) is 15.2 Å². The normalized spacial score (nSPS) is 23.0. The standard InChI is InChI=1S/C23H22N4O3/c1-27-20-11-15(6-7-21(20)30-23(27)29)14-4-2-13(3-5-14)8-17(12-24)25-22(28)19-10-16-9-18(16)26-19/h2-7,11,16-19,26H,8-10H2,1H3,(H,25,28)/t16?,17-,18?,19?/m0/s1. The van der Waals surface area contributed by atoms with Gasteiger partial charge in [0.1, 0.15) is 6.04 Å². The number of oxazole rings is 1. The van der Waals surface area contributed by atoms with Crippen molar-refractivity contribution in [3.8, 4) is 17.2 Å². The molecule has 0 radical (unpaired) electrons. The highest BCUT2D eigenvalue weighted by atomic mass is 16.4. The molecule has 2 heterocycles. The lowest BCUT2D eigenvalue weighted by Gasteiger charge is -2.17. The smallest absolute Gasteiger partial charge is 0.408 e. The minimum atomic E-state index is -0.557. The molecule has 7 nitrogen and oxygen atoms in total. The Morgan fingerprint density at radius 2 is 2.03 bits per heavy atom. The number of aryl methyl sites for hydroxylation is 1. The fourth-order valence-electron chi connectivity index (χ4n) is 4.30. The van der Waals surface area contributed by atoms with Crippen molar-refractivity contribution in [3.05, 3.63) is 58.6 Å². The Kier molecular flexibility index (Phi) is 4.44. The van der Waals surface area contributed by atoms with E-state index in [2.05, 4.69) is 16.7 Å². The minimum Gasteiger partial charge on any atom is -0.408 e. The fraction of sp³-hybridized carbons (Fsp3) is 0.348. The van der Waals surface area contributed by atoms with Crippen molar-refractivity contribution in [3.63, 3.8) is 0 Å². The summed E-state index contributed by atoms with van der Waals surface area (Å²) >= 11 is 0. The molecule has 3 unspecified atom stereocenters. The molecule has 152 valence electrons. The molecule has 3 aromatic rings. The number of fused-ring (bicyclic) bond motifs is 2. The Balaban J connectivity index is 1.27. The zero-order chi connectivity index (χ0) is 20.8. The van der Waals surface area contributed by atoms with Gasteiger partial charge in [0.2, 0.25) is 5.91 Å². The molecular weight excluding hydrogens is 380 g/mol. The lowest BCUT2D eigenvalue weighted by Crippen LogP contribution is -2.46.